The Morgan fingerprint density at radius 3 is 2.22 bits per heavy atom. The van der Waals surface area contributed by atoms with E-state index in [-0.39, 0.29) is 10.9 Å². The average molecular weight is 384 g/mol. The number of hydrogen-bond acceptors (Lipinski definition) is 4. The molecule has 0 amide bonds. The highest BCUT2D eigenvalue weighted by Crippen LogP contribution is 2.29. The molecule has 0 aromatic heterocycles. The van der Waals surface area contributed by atoms with E-state index in [2.05, 4.69) is 13.8 Å². The van der Waals surface area contributed by atoms with Crippen LogP contribution in [0.2, 0.25) is 0 Å². The van der Waals surface area contributed by atoms with Crippen LogP contribution >= 0.6 is 12.2 Å². The molecule has 144 valence electrons. The first-order chi connectivity index (χ1) is 12.5. The maximum atomic E-state index is 8.80. The minimum Gasteiger partial charge on any atom is -0.398 e. The lowest BCUT2D eigenvalue weighted by Crippen LogP contribution is -2.41. The summed E-state index contributed by atoms with van der Waals surface area (Å²) in [7, 11) is 3.96. The van der Waals surface area contributed by atoms with Gasteiger partial charge in [0.15, 0.2) is 5.11 Å². The number of nitrogen functional groups attached to an aromatic ring is 1. The predicted octanol–water partition coefficient (Wildman–Crippen LogP) is 4.15. The second-order valence-corrected chi connectivity index (χ2v) is 7.76. The van der Waals surface area contributed by atoms with Crippen LogP contribution in [-0.4, -0.2) is 25.0 Å². The van der Waals surface area contributed by atoms with Crippen molar-refractivity contribution in [3.63, 3.8) is 0 Å². The molecule has 0 bridgehead atoms. The van der Waals surface area contributed by atoms with Gasteiger partial charge in [-0.2, -0.15) is 0 Å². The highest BCUT2D eigenvalue weighted by Gasteiger charge is 2.21. The quantitative estimate of drug-likeness (QED) is 0.320. The second-order valence-electron chi connectivity index (χ2n) is 7.34. The fraction of sp³-hybridized carbons (Fsp3) is 0.333. The van der Waals surface area contributed by atoms with Gasteiger partial charge in [-0.05, 0) is 72.9 Å². The summed E-state index contributed by atoms with van der Waals surface area (Å²) in [5, 5.41) is 8.91. The van der Waals surface area contributed by atoms with E-state index in [1.807, 2.05) is 63.2 Å². The minimum atomic E-state index is 0.111. The molecule has 2 aromatic carbocycles. The molecule has 0 heterocycles. The van der Waals surface area contributed by atoms with Crippen LogP contribution in [0.4, 0.5) is 17.1 Å². The smallest absolute Gasteiger partial charge is 0.176 e. The van der Waals surface area contributed by atoms with Crippen molar-refractivity contribution in [3.8, 4) is 0 Å². The van der Waals surface area contributed by atoms with Gasteiger partial charge in [0.2, 0.25) is 0 Å². The summed E-state index contributed by atoms with van der Waals surface area (Å²) in [5.41, 5.74) is 18.6. The van der Waals surface area contributed by atoms with Crippen molar-refractivity contribution in [3.05, 3.63) is 52.6 Å². The summed E-state index contributed by atoms with van der Waals surface area (Å²) in [5.74, 6) is 0.505. The van der Waals surface area contributed by atoms with Crippen molar-refractivity contribution < 1.29 is 0 Å². The molecule has 0 unspecified atom stereocenters. The van der Waals surface area contributed by atoms with Crippen LogP contribution in [0.1, 0.15) is 42.0 Å². The van der Waals surface area contributed by atoms with E-state index in [4.69, 9.17) is 29.1 Å². The predicted molar refractivity (Wildman–Crippen MR) is 121 cm³/mol. The average Bonchev–Trinajstić information content (AvgIpc) is 2.55. The first-order valence-electron chi connectivity index (χ1n) is 8.91. The van der Waals surface area contributed by atoms with Gasteiger partial charge in [0.25, 0.3) is 0 Å². The van der Waals surface area contributed by atoms with E-state index in [0.717, 1.165) is 28.1 Å². The molecule has 2 aromatic rings. The number of hydrogen-bond donors (Lipinski definition) is 3. The standard InChI is InChI=1S/C21H29N5S/c1-12(2)16-11-17(18(22)9-14(16)4)20(23)26(21(24)27)15-8-7-13(3)19(10-15)25(5)6/h7-12,23H,22H2,1-6H3,(H2,24,27). The zero-order valence-corrected chi connectivity index (χ0v) is 17.7. The molecule has 0 aliphatic rings. The van der Waals surface area contributed by atoms with Crippen LogP contribution in [0.3, 0.4) is 0 Å². The van der Waals surface area contributed by atoms with Crippen molar-refractivity contribution in [2.75, 3.05) is 29.6 Å². The van der Waals surface area contributed by atoms with Gasteiger partial charge >= 0.3 is 0 Å². The number of nitrogens with two attached hydrogens (primary N) is 2. The van der Waals surface area contributed by atoms with Gasteiger partial charge in [-0.3, -0.25) is 10.3 Å². The lowest BCUT2D eigenvalue weighted by Gasteiger charge is -2.27. The van der Waals surface area contributed by atoms with Gasteiger partial charge in [-0.15, -0.1) is 0 Å². The Morgan fingerprint density at radius 1 is 1.07 bits per heavy atom. The van der Waals surface area contributed by atoms with Crippen LogP contribution in [0.25, 0.3) is 0 Å². The monoisotopic (exact) mass is 383 g/mol. The Labute approximate surface area is 167 Å². The fourth-order valence-corrected chi connectivity index (χ4v) is 3.48. The van der Waals surface area contributed by atoms with E-state index in [9.17, 15) is 0 Å². The first-order valence-corrected chi connectivity index (χ1v) is 9.31. The Hall–Kier alpha value is -2.60. The molecular weight excluding hydrogens is 354 g/mol. The number of rotatable bonds is 4. The molecular formula is C21H29N5S. The number of nitrogens with zero attached hydrogens (tertiary/aromatic N) is 2. The van der Waals surface area contributed by atoms with Crippen molar-refractivity contribution in [1.82, 2.24) is 0 Å². The Balaban J connectivity index is 2.59. The molecule has 0 radical (unpaired) electrons. The molecule has 5 N–H and O–H groups in total. The van der Waals surface area contributed by atoms with Gasteiger partial charge in [0, 0.05) is 31.0 Å². The minimum absolute atomic E-state index is 0.111. The van der Waals surface area contributed by atoms with Crippen LogP contribution in [0.5, 0.6) is 0 Å². The molecule has 0 spiro atoms. The van der Waals surface area contributed by atoms with E-state index in [1.165, 1.54) is 0 Å². The number of thiocarbonyl (C=S) groups is 1. The van der Waals surface area contributed by atoms with Gasteiger partial charge in [-0.25, -0.2) is 0 Å². The molecule has 0 saturated heterocycles. The van der Waals surface area contributed by atoms with Gasteiger partial charge in [-0.1, -0.05) is 19.9 Å². The second kappa shape index (κ2) is 7.96. The number of anilines is 3. The first kappa shape index (κ1) is 20.7. The number of benzene rings is 2. The zero-order chi connectivity index (χ0) is 20.5. The van der Waals surface area contributed by atoms with Crippen molar-refractivity contribution in [2.24, 2.45) is 5.73 Å². The van der Waals surface area contributed by atoms with Crippen molar-refractivity contribution in [1.29, 1.82) is 5.41 Å². The third kappa shape index (κ3) is 4.22. The molecule has 27 heavy (non-hydrogen) atoms. The number of aryl methyl sites for hydroxylation is 2. The molecule has 0 aliphatic heterocycles. The lowest BCUT2D eigenvalue weighted by molar-refractivity contribution is 0.856. The van der Waals surface area contributed by atoms with Crippen LogP contribution in [0, 0.1) is 19.3 Å². The summed E-state index contributed by atoms with van der Waals surface area (Å²) in [4.78, 5) is 3.59. The molecule has 5 nitrogen and oxygen atoms in total. The summed E-state index contributed by atoms with van der Waals surface area (Å²) in [6, 6.07) is 9.79. The summed E-state index contributed by atoms with van der Waals surface area (Å²) < 4.78 is 0. The topological polar surface area (TPSA) is 82.4 Å². The van der Waals surface area contributed by atoms with Gasteiger partial charge in [0.1, 0.15) is 5.84 Å². The SMILES string of the molecule is Cc1cc(N)c(C(=N)N(C(N)=S)c2ccc(C)c(N(C)C)c2)cc1C(C)C. The summed E-state index contributed by atoms with van der Waals surface area (Å²) >= 11 is 5.28. The number of amidine groups is 1. The lowest BCUT2D eigenvalue weighted by atomic mass is 9.94. The molecule has 0 atom stereocenters. The molecule has 0 fully saturated rings. The highest BCUT2D eigenvalue weighted by atomic mass is 32.1. The Bertz CT molecular complexity index is 886. The van der Waals surface area contributed by atoms with E-state index >= 15 is 0 Å². The number of nitrogens with one attached hydrogen (secondary N) is 1. The van der Waals surface area contributed by atoms with E-state index in [0.29, 0.717) is 17.2 Å². The third-order valence-corrected chi connectivity index (χ3v) is 4.87. The maximum absolute atomic E-state index is 8.80. The largest absolute Gasteiger partial charge is 0.398 e. The normalized spacial score (nSPS) is 10.8. The maximum Gasteiger partial charge on any atom is 0.176 e. The molecule has 2 rings (SSSR count). The van der Waals surface area contributed by atoms with Crippen molar-refractivity contribution >= 4 is 40.2 Å². The zero-order valence-electron chi connectivity index (χ0n) is 16.9. The van der Waals surface area contributed by atoms with E-state index in [1.54, 1.807) is 4.90 Å². The van der Waals surface area contributed by atoms with Crippen LogP contribution in [0.15, 0.2) is 30.3 Å². The van der Waals surface area contributed by atoms with Gasteiger partial charge in [0.05, 0.1) is 5.69 Å². The van der Waals surface area contributed by atoms with E-state index < -0.39 is 0 Å². The van der Waals surface area contributed by atoms with Crippen molar-refractivity contribution in [2.45, 2.75) is 33.6 Å². The van der Waals surface area contributed by atoms with Gasteiger partial charge < -0.3 is 16.4 Å². The third-order valence-electron chi connectivity index (χ3n) is 4.69. The highest BCUT2D eigenvalue weighted by molar-refractivity contribution is 7.80. The fourth-order valence-electron chi connectivity index (χ4n) is 3.28. The Kier molecular flexibility index (Phi) is 6.11. The molecule has 0 saturated carbocycles. The van der Waals surface area contributed by atoms with Crippen LogP contribution in [-0.2, 0) is 0 Å². The molecule has 6 heteroatoms. The summed E-state index contributed by atoms with van der Waals surface area (Å²) in [6.07, 6.45) is 0. The Morgan fingerprint density at radius 2 is 1.70 bits per heavy atom. The summed E-state index contributed by atoms with van der Waals surface area (Å²) in [6.45, 7) is 8.33. The molecule has 0 aliphatic carbocycles. The van der Waals surface area contributed by atoms with Crippen LogP contribution < -0.4 is 21.3 Å².